The van der Waals surface area contributed by atoms with Crippen LogP contribution in [0.3, 0.4) is 0 Å². The standard InChI is InChI=1S/C14H17FN2O2/c1-14(2,19)9-17-12(8-18)7-13(16-17)10-3-5-11(15)6-4-10/h3-7,18-19H,8-9H2,1-2H3/i1D3,2D3. The molecule has 1 heterocycles. The van der Waals surface area contributed by atoms with Gasteiger partial charge in [-0.1, -0.05) is 0 Å². The number of aliphatic hydroxyl groups is 2. The summed E-state index contributed by atoms with van der Waals surface area (Å²) in [5.74, 6) is -0.454. The van der Waals surface area contributed by atoms with Gasteiger partial charge in [-0.2, -0.15) is 5.10 Å². The molecule has 19 heavy (non-hydrogen) atoms. The van der Waals surface area contributed by atoms with Gasteiger partial charge in [0.15, 0.2) is 0 Å². The first kappa shape index (κ1) is 7.77. The Balaban J connectivity index is 2.47. The van der Waals surface area contributed by atoms with Gasteiger partial charge in [0.2, 0.25) is 0 Å². The summed E-state index contributed by atoms with van der Waals surface area (Å²) in [5.41, 5.74) is -2.16. The summed E-state index contributed by atoms with van der Waals surface area (Å²) in [4.78, 5) is 0. The van der Waals surface area contributed by atoms with Gasteiger partial charge in [0, 0.05) is 13.8 Å². The lowest BCUT2D eigenvalue weighted by molar-refractivity contribution is 0.0556. The number of aliphatic hydroxyl groups excluding tert-OH is 1. The normalized spacial score (nSPS) is 17.8. The summed E-state index contributed by atoms with van der Waals surface area (Å²) in [6.07, 6.45) is 0. The number of rotatable bonds is 4. The molecule has 2 aromatic rings. The molecule has 2 rings (SSSR count). The van der Waals surface area contributed by atoms with Crippen molar-refractivity contribution in [3.8, 4) is 11.3 Å². The van der Waals surface area contributed by atoms with Gasteiger partial charge in [0.1, 0.15) is 5.82 Å². The maximum absolute atomic E-state index is 13.0. The Morgan fingerprint density at radius 3 is 2.63 bits per heavy atom. The van der Waals surface area contributed by atoms with E-state index < -0.39 is 38.3 Å². The average molecular weight is 270 g/mol. The zero-order valence-corrected chi connectivity index (χ0v) is 9.97. The molecule has 0 saturated carbocycles. The molecule has 0 atom stereocenters. The summed E-state index contributed by atoms with van der Waals surface area (Å²) >= 11 is 0. The van der Waals surface area contributed by atoms with Crippen LogP contribution in [-0.4, -0.2) is 25.6 Å². The maximum Gasteiger partial charge on any atom is 0.123 e. The Hall–Kier alpha value is -1.72. The highest BCUT2D eigenvalue weighted by atomic mass is 19.1. The van der Waals surface area contributed by atoms with Crippen LogP contribution in [-0.2, 0) is 13.2 Å². The second kappa shape index (κ2) is 5.11. The first-order valence-corrected chi connectivity index (χ1v) is 5.55. The number of benzene rings is 1. The molecule has 5 heteroatoms. The number of halogens is 1. The lowest BCUT2D eigenvalue weighted by atomic mass is 10.1. The molecule has 0 aliphatic rings. The van der Waals surface area contributed by atoms with Crippen LogP contribution in [0.2, 0.25) is 0 Å². The molecule has 1 aromatic carbocycles. The number of nitrogens with zero attached hydrogens (tertiary/aromatic N) is 2. The fraction of sp³-hybridized carbons (Fsp3) is 0.357. The van der Waals surface area contributed by atoms with Crippen LogP contribution in [0.25, 0.3) is 11.3 Å². The molecule has 0 radical (unpaired) electrons. The van der Waals surface area contributed by atoms with Crippen LogP contribution in [0.4, 0.5) is 4.39 Å². The molecule has 0 bridgehead atoms. The Labute approximate surface area is 119 Å². The third-order valence-electron chi connectivity index (χ3n) is 2.54. The maximum atomic E-state index is 13.0. The minimum absolute atomic E-state index is 0.117. The van der Waals surface area contributed by atoms with Crippen LogP contribution in [0.15, 0.2) is 30.3 Å². The largest absolute Gasteiger partial charge is 0.390 e. The van der Waals surface area contributed by atoms with Crippen molar-refractivity contribution in [3.63, 3.8) is 0 Å². The zero-order valence-electron chi connectivity index (χ0n) is 16.0. The molecule has 0 aliphatic carbocycles. The number of hydrogen-bond acceptors (Lipinski definition) is 3. The Bertz CT molecular complexity index is 725. The van der Waals surface area contributed by atoms with Gasteiger partial charge in [0.05, 0.1) is 30.1 Å². The average Bonchev–Trinajstić information content (AvgIpc) is 2.88. The highest BCUT2D eigenvalue weighted by molar-refractivity contribution is 5.59. The van der Waals surface area contributed by atoms with Crippen molar-refractivity contribution in [1.29, 1.82) is 0 Å². The van der Waals surface area contributed by atoms with Crippen molar-refractivity contribution in [3.05, 3.63) is 41.8 Å². The van der Waals surface area contributed by atoms with Gasteiger partial charge in [0.25, 0.3) is 0 Å². The van der Waals surface area contributed by atoms with E-state index in [0.717, 1.165) is 4.68 Å². The fourth-order valence-corrected chi connectivity index (χ4v) is 1.70. The summed E-state index contributed by atoms with van der Waals surface area (Å²) in [6.45, 7) is -7.82. The third kappa shape index (κ3) is 3.39. The smallest absolute Gasteiger partial charge is 0.123 e. The Kier molecular flexibility index (Phi) is 2.09. The fourth-order valence-electron chi connectivity index (χ4n) is 1.70. The van der Waals surface area contributed by atoms with E-state index in [0.29, 0.717) is 5.56 Å². The van der Waals surface area contributed by atoms with Crippen molar-refractivity contribution < 1.29 is 22.8 Å². The summed E-state index contributed by atoms with van der Waals surface area (Å²) in [7, 11) is 0. The molecule has 2 N–H and O–H groups in total. The van der Waals surface area contributed by atoms with E-state index in [1.54, 1.807) is 0 Å². The minimum Gasteiger partial charge on any atom is -0.390 e. The van der Waals surface area contributed by atoms with Crippen molar-refractivity contribution in [2.75, 3.05) is 0 Å². The monoisotopic (exact) mass is 270 g/mol. The van der Waals surface area contributed by atoms with Gasteiger partial charge in [-0.05, 0) is 44.0 Å². The number of aromatic nitrogens is 2. The van der Waals surface area contributed by atoms with E-state index in [2.05, 4.69) is 5.10 Å². The van der Waals surface area contributed by atoms with Crippen LogP contribution in [0.5, 0.6) is 0 Å². The van der Waals surface area contributed by atoms with Gasteiger partial charge in [-0.3, -0.25) is 4.68 Å². The molecule has 0 amide bonds. The SMILES string of the molecule is [2H]C([2H])([2H])C(O)(Cn1nc(-c2ccc(F)cc2)cc1CO)C([2H])([2H])[2H]. The summed E-state index contributed by atoms with van der Waals surface area (Å²) < 4.78 is 58.3. The van der Waals surface area contributed by atoms with Gasteiger partial charge in [-0.25, -0.2) is 4.39 Å². The Morgan fingerprint density at radius 1 is 1.37 bits per heavy atom. The number of hydrogen-bond donors (Lipinski definition) is 2. The molecule has 0 spiro atoms. The van der Waals surface area contributed by atoms with E-state index in [4.69, 9.17) is 8.22 Å². The third-order valence-corrected chi connectivity index (χ3v) is 2.54. The highest BCUT2D eigenvalue weighted by Gasteiger charge is 2.17. The second-order valence-electron chi connectivity index (χ2n) is 4.20. The molecule has 0 unspecified atom stereocenters. The lowest BCUT2D eigenvalue weighted by Crippen LogP contribution is -2.27. The summed E-state index contributed by atoms with van der Waals surface area (Å²) in [6, 6.07) is 6.68. The topological polar surface area (TPSA) is 58.3 Å². The van der Waals surface area contributed by atoms with Crippen LogP contribution < -0.4 is 0 Å². The molecule has 4 nitrogen and oxygen atoms in total. The molecular weight excluding hydrogens is 247 g/mol. The predicted octanol–water partition coefficient (Wildman–Crippen LogP) is 1.95. The molecular formula is C14H17FN2O2. The molecule has 102 valence electrons. The quantitative estimate of drug-likeness (QED) is 0.892. The van der Waals surface area contributed by atoms with E-state index >= 15 is 0 Å². The molecule has 0 saturated heterocycles. The van der Waals surface area contributed by atoms with Crippen molar-refractivity contribution >= 4 is 0 Å². The lowest BCUT2D eigenvalue weighted by Gasteiger charge is -2.18. The van der Waals surface area contributed by atoms with E-state index in [1.807, 2.05) is 0 Å². The van der Waals surface area contributed by atoms with E-state index in [1.165, 1.54) is 30.3 Å². The van der Waals surface area contributed by atoms with Gasteiger partial charge in [-0.15, -0.1) is 0 Å². The predicted molar refractivity (Wildman–Crippen MR) is 69.8 cm³/mol. The first-order valence-electron chi connectivity index (χ1n) is 8.55. The second-order valence-corrected chi connectivity index (χ2v) is 4.20. The summed E-state index contributed by atoms with van der Waals surface area (Å²) in [5, 5.41) is 23.9. The molecule has 1 aromatic heterocycles. The first-order chi connectivity index (χ1) is 11.4. The highest BCUT2D eigenvalue weighted by Crippen LogP contribution is 2.21. The van der Waals surface area contributed by atoms with E-state index in [-0.39, 0.29) is 11.4 Å². The minimum atomic E-state index is -3.20. The van der Waals surface area contributed by atoms with Crippen LogP contribution in [0, 0.1) is 5.82 Å². The van der Waals surface area contributed by atoms with Crippen molar-refractivity contribution in [2.24, 2.45) is 0 Å². The van der Waals surface area contributed by atoms with Crippen LogP contribution in [0.1, 0.15) is 27.6 Å². The zero-order chi connectivity index (χ0) is 19.0. The van der Waals surface area contributed by atoms with E-state index in [9.17, 15) is 14.6 Å². The Morgan fingerprint density at radius 2 is 2.05 bits per heavy atom. The van der Waals surface area contributed by atoms with Gasteiger partial charge >= 0.3 is 0 Å². The van der Waals surface area contributed by atoms with Crippen molar-refractivity contribution in [2.45, 2.75) is 32.5 Å². The molecule has 0 fully saturated rings. The van der Waals surface area contributed by atoms with Gasteiger partial charge < -0.3 is 10.2 Å². The molecule has 0 aliphatic heterocycles. The van der Waals surface area contributed by atoms with Crippen molar-refractivity contribution in [1.82, 2.24) is 9.78 Å². The van der Waals surface area contributed by atoms with Crippen LogP contribution >= 0.6 is 0 Å².